The van der Waals surface area contributed by atoms with Crippen molar-refractivity contribution in [3.8, 4) is 0 Å². The number of benzene rings is 1. The van der Waals surface area contributed by atoms with Gasteiger partial charge in [0.05, 0.1) is 0 Å². The van der Waals surface area contributed by atoms with Crippen molar-refractivity contribution in [2.75, 3.05) is 13.1 Å². The fourth-order valence-electron chi connectivity index (χ4n) is 3.38. The van der Waals surface area contributed by atoms with E-state index in [4.69, 9.17) is 0 Å². The molecule has 1 saturated heterocycles. The quantitative estimate of drug-likeness (QED) is 0.869. The molecule has 0 bridgehead atoms. The van der Waals surface area contributed by atoms with Crippen LogP contribution in [0.3, 0.4) is 0 Å². The van der Waals surface area contributed by atoms with E-state index in [-0.39, 0.29) is 5.91 Å². The second-order valence-electron chi connectivity index (χ2n) is 6.45. The molecule has 3 rings (SSSR count). The molecule has 0 atom stereocenters. The van der Waals surface area contributed by atoms with Gasteiger partial charge < -0.3 is 9.47 Å². The number of likely N-dealkylation sites (tertiary alicyclic amines) is 1. The van der Waals surface area contributed by atoms with Crippen molar-refractivity contribution >= 4 is 5.91 Å². The van der Waals surface area contributed by atoms with Crippen LogP contribution in [-0.4, -0.2) is 33.4 Å². The molecule has 1 aromatic heterocycles. The fraction of sp³-hybridized carbons (Fsp3) is 0.474. The first-order valence-corrected chi connectivity index (χ1v) is 8.53. The molecule has 0 N–H and O–H groups in total. The number of hydrogen-bond donors (Lipinski definition) is 0. The molecule has 1 aromatic carbocycles. The molecule has 0 aliphatic carbocycles. The van der Waals surface area contributed by atoms with Crippen LogP contribution in [0, 0.1) is 12.8 Å². The van der Waals surface area contributed by atoms with Crippen LogP contribution in [0.5, 0.6) is 0 Å². The Bertz CT molecular complexity index is 669. The molecule has 4 nitrogen and oxygen atoms in total. The predicted molar refractivity (Wildman–Crippen MR) is 91.4 cm³/mol. The van der Waals surface area contributed by atoms with Crippen LogP contribution in [0.4, 0.5) is 0 Å². The zero-order valence-electron chi connectivity index (χ0n) is 14.0. The summed E-state index contributed by atoms with van der Waals surface area (Å²) in [5.74, 6) is 1.96. The normalized spacial score (nSPS) is 15.8. The van der Waals surface area contributed by atoms with E-state index in [9.17, 15) is 4.79 Å². The molecule has 2 aromatic rings. The lowest BCUT2D eigenvalue weighted by molar-refractivity contribution is 0.0682. The second-order valence-corrected chi connectivity index (χ2v) is 6.45. The Morgan fingerprint density at radius 2 is 2.09 bits per heavy atom. The molecule has 1 fully saturated rings. The van der Waals surface area contributed by atoms with Crippen molar-refractivity contribution < 1.29 is 4.79 Å². The fourth-order valence-corrected chi connectivity index (χ4v) is 3.38. The summed E-state index contributed by atoms with van der Waals surface area (Å²) >= 11 is 0. The van der Waals surface area contributed by atoms with E-state index >= 15 is 0 Å². The Labute approximate surface area is 138 Å². The monoisotopic (exact) mass is 311 g/mol. The highest BCUT2D eigenvalue weighted by molar-refractivity contribution is 5.94. The molecule has 23 heavy (non-hydrogen) atoms. The third-order valence-corrected chi connectivity index (χ3v) is 4.74. The zero-order chi connectivity index (χ0) is 16.2. The number of hydrogen-bond acceptors (Lipinski definition) is 2. The Balaban J connectivity index is 1.57. The number of rotatable bonds is 4. The van der Waals surface area contributed by atoms with E-state index in [0.29, 0.717) is 5.92 Å². The van der Waals surface area contributed by atoms with Crippen molar-refractivity contribution in [3.05, 3.63) is 53.6 Å². The maximum atomic E-state index is 12.6. The minimum atomic E-state index is 0.170. The van der Waals surface area contributed by atoms with Crippen molar-refractivity contribution in [1.82, 2.24) is 14.5 Å². The van der Waals surface area contributed by atoms with Gasteiger partial charge in [-0.15, -0.1) is 0 Å². The van der Waals surface area contributed by atoms with Gasteiger partial charge in [0.15, 0.2) is 0 Å². The number of amides is 1. The molecular weight excluding hydrogens is 286 g/mol. The smallest absolute Gasteiger partial charge is 0.253 e. The van der Waals surface area contributed by atoms with Gasteiger partial charge in [0.2, 0.25) is 0 Å². The zero-order valence-corrected chi connectivity index (χ0v) is 14.0. The predicted octanol–water partition coefficient (Wildman–Crippen LogP) is 3.31. The summed E-state index contributed by atoms with van der Waals surface area (Å²) < 4.78 is 2.27. The molecule has 1 aliphatic heterocycles. The summed E-state index contributed by atoms with van der Waals surface area (Å²) in [7, 11) is 0. The third-order valence-electron chi connectivity index (χ3n) is 4.74. The molecule has 2 heterocycles. The highest BCUT2D eigenvalue weighted by Gasteiger charge is 2.24. The Hall–Kier alpha value is -2.10. The summed E-state index contributed by atoms with van der Waals surface area (Å²) in [5, 5.41) is 0. The van der Waals surface area contributed by atoms with Gasteiger partial charge in [-0.2, -0.15) is 0 Å². The Morgan fingerprint density at radius 3 is 2.78 bits per heavy atom. The average Bonchev–Trinajstić information content (AvgIpc) is 3.02. The van der Waals surface area contributed by atoms with Gasteiger partial charge in [0, 0.05) is 44.0 Å². The minimum Gasteiger partial charge on any atom is -0.339 e. The first kappa shape index (κ1) is 15.8. The van der Waals surface area contributed by atoms with E-state index < -0.39 is 0 Å². The summed E-state index contributed by atoms with van der Waals surface area (Å²) in [6.45, 7) is 6.90. The molecule has 1 amide bonds. The summed E-state index contributed by atoms with van der Waals surface area (Å²) in [6, 6.07) is 7.88. The third kappa shape index (κ3) is 3.63. The van der Waals surface area contributed by atoms with E-state index in [1.165, 1.54) is 0 Å². The lowest BCUT2D eigenvalue weighted by Crippen LogP contribution is -2.39. The SMILES string of the molecule is CCc1nccn1CC1CCN(C(=O)c2cccc(C)c2)CC1. The number of piperidine rings is 1. The Kier molecular flexibility index (Phi) is 4.79. The van der Waals surface area contributed by atoms with Crippen LogP contribution in [0.2, 0.25) is 0 Å². The molecule has 122 valence electrons. The minimum absolute atomic E-state index is 0.170. The van der Waals surface area contributed by atoms with Gasteiger partial charge in [-0.25, -0.2) is 4.98 Å². The van der Waals surface area contributed by atoms with Gasteiger partial charge >= 0.3 is 0 Å². The van der Waals surface area contributed by atoms with Crippen LogP contribution < -0.4 is 0 Å². The van der Waals surface area contributed by atoms with E-state index in [2.05, 4.69) is 22.7 Å². The van der Waals surface area contributed by atoms with Crippen LogP contribution in [0.1, 0.15) is 41.5 Å². The second kappa shape index (κ2) is 6.99. The molecule has 0 saturated carbocycles. The maximum Gasteiger partial charge on any atom is 0.253 e. The van der Waals surface area contributed by atoms with Crippen molar-refractivity contribution in [3.63, 3.8) is 0 Å². The molecule has 0 spiro atoms. The number of carbonyl (C=O) groups is 1. The molecular formula is C19H25N3O. The number of imidazole rings is 1. The lowest BCUT2D eigenvalue weighted by atomic mass is 9.96. The number of carbonyl (C=O) groups excluding carboxylic acids is 1. The topological polar surface area (TPSA) is 38.1 Å². The summed E-state index contributed by atoms with van der Waals surface area (Å²) in [5.41, 5.74) is 1.95. The van der Waals surface area contributed by atoms with E-state index in [1.54, 1.807) is 0 Å². The summed E-state index contributed by atoms with van der Waals surface area (Å²) in [4.78, 5) is 19.0. The highest BCUT2D eigenvalue weighted by Crippen LogP contribution is 2.21. The molecule has 1 aliphatic rings. The number of nitrogens with zero attached hydrogens (tertiary/aromatic N) is 3. The highest BCUT2D eigenvalue weighted by atomic mass is 16.2. The van der Waals surface area contributed by atoms with Gasteiger partial charge in [-0.1, -0.05) is 24.6 Å². The van der Waals surface area contributed by atoms with Gasteiger partial charge in [-0.05, 0) is 37.8 Å². The molecule has 0 unspecified atom stereocenters. The average molecular weight is 311 g/mol. The lowest BCUT2D eigenvalue weighted by Gasteiger charge is -2.32. The molecule has 4 heteroatoms. The van der Waals surface area contributed by atoms with Crippen LogP contribution >= 0.6 is 0 Å². The first-order chi connectivity index (χ1) is 11.2. The largest absolute Gasteiger partial charge is 0.339 e. The van der Waals surface area contributed by atoms with Gasteiger partial charge in [0.25, 0.3) is 5.91 Å². The molecule has 0 radical (unpaired) electrons. The van der Waals surface area contributed by atoms with Crippen molar-refractivity contribution in [1.29, 1.82) is 0 Å². The van der Waals surface area contributed by atoms with E-state index in [1.807, 2.05) is 42.3 Å². The standard InChI is InChI=1S/C19H25N3O/c1-3-18-20-9-12-22(18)14-16-7-10-21(11-8-16)19(23)17-6-4-5-15(2)13-17/h4-6,9,12-13,16H,3,7-8,10-11,14H2,1-2H3. The Morgan fingerprint density at radius 1 is 1.30 bits per heavy atom. The summed E-state index contributed by atoms with van der Waals surface area (Å²) in [6.07, 6.45) is 7.06. The number of aryl methyl sites for hydroxylation is 2. The maximum absolute atomic E-state index is 12.6. The van der Waals surface area contributed by atoms with Crippen molar-refractivity contribution in [2.45, 2.75) is 39.7 Å². The van der Waals surface area contributed by atoms with Crippen LogP contribution in [0.25, 0.3) is 0 Å². The number of aromatic nitrogens is 2. The van der Waals surface area contributed by atoms with Gasteiger partial charge in [0.1, 0.15) is 5.82 Å². The van der Waals surface area contributed by atoms with E-state index in [0.717, 1.165) is 55.8 Å². The van der Waals surface area contributed by atoms with Crippen LogP contribution in [-0.2, 0) is 13.0 Å². The first-order valence-electron chi connectivity index (χ1n) is 8.53. The van der Waals surface area contributed by atoms with Crippen molar-refractivity contribution in [2.24, 2.45) is 5.92 Å². The van der Waals surface area contributed by atoms with Crippen LogP contribution in [0.15, 0.2) is 36.7 Å². The van der Waals surface area contributed by atoms with Gasteiger partial charge in [-0.3, -0.25) is 4.79 Å².